The van der Waals surface area contributed by atoms with Crippen molar-refractivity contribution in [1.82, 2.24) is 5.32 Å². The zero-order valence-corrected chi connectivity index (χ0v) is 16.0. The predicted molar refractivity (Wildman–Crippen MR) is 98.7 cm³/mol. The Morgan fingerprint density at radius 3 is 2.42 bits per heavy atom. The molecule has 1 aromatic carbocycles. The fraction of sp³-hybridized carbons (Fsp3) is 0.579. The molecule has 0 saturated heterocycles. The Labute approximate surface area is 158 Å². The average molecular weight is 384 g/mol. The number of nitrogens with one attached hydrogen (secondary N) is 1. The van der Waals surface area contributed by atoms with Gasteiger partial charge in [-0.15, -0.1) is 0 Å². The summed E-state index contributed by atoms with van der Waals surface area (Å²) in [6.45, 7) is 4.92. The SMILES string of the molecule is CCOc1cc(CNC(=O)C2CCCCC2C(=O)O)cc(Cl)c1OCC. The van der Waals surface area contributed by atoms with Gasteiger partial charge in [0.15, 0.2) is 11.5 Å². The molecule has 0 radical (unpaired) electrons. The quantitative estimate of drug-likeness (QED) is 0.715. The van der Waals surface area contributed by atoms with Crippen LogP contribution in [0.3, 0.4) is 0 Å². The van der Waals surface area contributed by atoms with Crippen molar-refractivity contribution in [2.24, 2.45) is 11.8 Å². The molecule has 0 aromatic heterocycles. The number of carbonyl (C=O) groups excluding carboxylic acids is 1. The first kappa shape index (κ1) is 20.4. The maximum atomic E-state index is 12.5. The summed E-state index contributed by atoms with van der Waals surface area (Å²) in [5.74, 6) is -1.18. The van der Waals surface area contributed by atoms with Gasteiger partial charge in [0.25, 0.3) is 0 Å². The fourth-order valence-corrected chi connectivity index (χ4v) is 3.62. The van der Waals surface area contributed by atoms with Gasteiger partial charge < -0.3 is 19.9 Å². The smallest absolute Gasteiger partial charge is 0.307 e. The van der Waals surface area contributed by atoms with Crippen molar-refractivity contribution in [2.45, 2.75) is 46.1 Å². The standard InChI is InChI=1S/C19H26ClNO5/c1-3-25-16-10-12(9-15(20)17(16)26-4-2)11-21-18(22)13-7-5-6-8-14(13)19(23)24/h9-10,13-14H,3-8,11H2,1-2H3,(H,21,22)(H,23,24). The van der Waals surface area contributed by atoms with Crippen molar-refractivity contribution in [2.75, 3.05) is 13.2 Å². The number of carboxylic acids is 1. The minimum atomic E-state index is -0.896. The normalized spacial score (nSPS) is 19.7. The summed E-state index contributed by atoms with van der Waals surface area (Å²) in [5.41, 5.74) is 0.776. The number of carbonyl (C=O) groups is 2. The largest absolute Gasteiger partial charge is 0.490 e. The molecular formula is C19H26ClNO5. The summed E-state index contributed by atoms with van der Waals surface area (Å²) >= 11 is 6.28. The van der Waals surface area contributed by atoms with Crippen LogP contribution in [0.4, 0.5) is 0 Å². The van der Waals surface area contributed by atoms with E-state index in [0.717, 1.165) is 18.4 Å². The number of halogens is 1. The number of amides is 1. The molecule has 26 heavy (non-hydrogen) atoms. The Morgan fingerprint density at radius 1 is 1.15 bits per heavy atom. The van der Waals surface area contributed by atoms with Gasteiger partial charge in [0, 0.05) is 6.54 Å². The van der Waals surface area contributed by atoms with Crippen molar-refractivity contribution in [3.05, 3.63) is 22.7 Å². The van der Waals surface area contributed by atoms with Crippen LogP contribution in [-0.4, -0.2) is 30.2 Å². The second kappa shape index (κ2) is 9.67. The van der Waals surface area contributed by atoms with E-state index < -0.39 is 17.8 Å². The molecule has 1 amide bonds. The highest BCUT2D eigenvalue weighted by Gasteiger charge is 2.35. The van der Waals surface area contributed by atoms with Gasteiger partial charge >= 0.3 is 5.97 Å². The summed E-state index contributed by atoms with van der Waals surface area (Å²) in [6, 6.07) is 3.51. The van der Waals surface area contributed by atoms with Crippen LogP contribution in [0.25, 0.3) is 0 Å². The van der Waals surface area contributed by atoms with Crippen LogP contribution in [0.2, 0.25) is 5.02 Å². The Morgan fingerprint density at radius 2 is 1.81 bits per heavy atom. The summed E-state index contributed by atoms with van der Waals surface area (Å²) in [7, 11) is 0. The Hall–Kier alpha value is -1.95. The molecular weight excluding hydrogens is 358 g/mol. The molecule has 6 nitrogen and oxygen atoms in total. The van der Waals surface area contributed by atoms with E-state index >= 15 is 0 Å². The zero-order valence-electron chi connectivity index (χ0n) is 15.2. The predicted octanol–water partition coefficient (Wildman–Crippen LogP) is 3.64. The van der Waals surface area contributed by atoms with Crippen LogP contribution in [-0.2, 0) is 16.1 Å². The van der Waals surface area contributed by atoms with Crippen LogP contribution in [0, 0.1) is 11.8 Å². The van der Waals surface area contributed by atoms with Crippen LogP contribution in [0.15, 0.2) is 12.1 Å². The summed E-state index contributed by atoms with van der Waals surface area (Å²) in [6.07, 6.45) is 2.89. The molecule has 2 unspecified atom stereocenters. The number of benzene rings is 1. The molecule has 2 N–H and O–H groups in total. The minimum Gasteiger partial charge on any atom is -0.490 e. The average Bonchev–Trinajstić information content (AvgIpc) is 2.62. The zero-order chi connectivity index (χ0) is 19.1. The lowest BCUT2D eigenvalue weighted by Gasteiger charge is -2.27. The highest BCUT2D eigenvalue weighted by molar-refractivity contribution is 6.32. The van der Waals surface area contributed by atoms with Crippen LogP contribution in [0.1, 0.15) is 45.1 Å². The van der Waals surface area contributed by atoms with Crippen molar-refractivity contribution in [1.29, 1.82) is 0 Å². The monoisotopic (exact) mass is 383 g/mol. The second-order valence-electron chi connectivity index (χ2n) is 6.32. The molecule has 2 rings (SSSR count). The highest BCUT2D eigenvalue weighted by atomic mass is 35.5. The number of ether oxygens (including phenoxy) is 2. The van der Waals surface area contributed by atoms with Gasteiger partial charge in [0.1, 0.15) is 0 Å². The third kappa shape index (κ3) is 5.04. The first-order valence-electron chi connectivity index (χ1n) is 9.06. The molecule has 1 fully saturated rings. The Kier molecular flexibility index (Phi) is 7.57. The topological polar surface area (TPSA) is 84.9 Å². The maximum absolute atomic E-state index is 12.5. The molecule has 0 bridgehead atoms. The number of rotatable bonds is 8. The van der Waals surface area contributed by atoms with Gasteiger partial charge in [-0.25, -0.2) is 0 Å². The molecule has 1 aliphatic carbocycles. The maximum Gasteiger partial charge on any atom is 0.307 e. The van der Waals surface area contributed by atoms with E-state index in [4.69, 9.17) is 21.1 Å². The van der Waals surface area contributed by atoms with Gasteiger partial charge in [0.05, 0.1) is 30.1 Å². The van der Waals surface area contributed by atoms with Crippen LogP contribution >= 0.6 is 11.6 Å². The van der Waals surface area contributed by atoms with Crippen molar-refractivity contribution in [3.63, 3.8) is 0 Å². The van der Waals surface area contributed by atoms with Crippen LogP contribution in [0.5, 0.6) is 11.5 Å². The molecule has 1 aliphatic rings. The molecule has 2 atom stereocenters. The van der Waals surface area contributed by atoms with Gasteiger partial charge in [-0.3, -0.25) is 9.59 Å². The molecule has 0 aliphatic heterocycles. The Bertz CT molecular complexity index is 649. The lowest BCUT2D eigenvalue weighted by molar-refractivity contribution is -0.148. The van der Waals surface area contributed by atoms with E-state index in [9.17, 15) is 14.7 Å². The van der Waals surface area contributed by atoms with E-state index in [2.05, 4.69) is 5.32 Å². The molecule has 0 spiro atoms. The number of aliphatic carboxylic acids is 1. The lowest BCUT2D eigenvalue weighted by atomic mass is 9.78. The second-order valence-corrected chi connectivity index (χ2v) is 6.73. The van der Waals surface area contributed by atoms with Gasteiger partial charge in [-0.2, -0.15) is 0 Å². The first-order chi connectivity index (χ1) is 12.5. The highest BCUT2D eigenvalue weighted by Crippen LogP contribution is 2.37. The lowest BCUT2D eigenvalue weighted by Crippen LogP contribution is -2.39. The summed E-state index contributed by atoms with van der Waals surface area (Å²) in [5, 5.41) is 12.6. The molecule has 1 saturated carbocycles. The van der Waals surface area contributed by atoms with Crippen molar-refractivity contribution < 1.29 is 24.2 Å². The third-order valence-electron chi connectivity index (χ3n) is 4.54. The minimum absolute atomic E-state index is 0.222. The van der Waals surface area contributed by atoms with Crippen molar-refractivity contribution >= 4 is 23.5 Å². The van der Waals surface area contributed by atoms with E-state index in [1.54, 1.807) is 12.1 Å². The molecule has 7 heteroatoms. The molecule has 1 aromatic rings. The first-order valence-corrected chi connectivity index (χ1v) is 9.44. The van der Waals surface area contributed by atoms with Crippen LogP contribution < -0.4 is 14.8 Å². The summed E-state index contributed by atoms with van der Waals surface area (Å²) < 4.78 is 11.1. The van der Waals surface area contributed by atoms with E-state index in [-0.39, 0.29) is 12.5 Å². The third-order valence-corrected chi connectivity index (χ3v) is 4.83. The Balaban J connectivity index is 2.08. The summed E-state index contributed by atoms with van der Waals surface area (Å²) in [4.78, 5) is 23.9. The molecule has 144 valence electrons. The van der Waals surface area contributed by atoms with Crippen molar-refractivity contribution in [3.8, 4) is 11.5 Å². The number of hydrogen-bond donors (Lipinski definition) is 2. The van der Waals surface area contributed by atoms with E-state index in [1.807, 2.05) is 13.8 Å². The number of carboxylic acid groups (broad SMARTS) is 1. The van der Waals surface area contributed by atoms with Gasteiger partial charge in [0.2, 0.25) is 5.91 Å². The van der Waals surface area contributed by atoms with Gasteiger partial charge in [-0.05, 0) is 44.4 Å². The number of hydrogen-bond acceptors (Lipinski definition) is 4. The van der Waals surface area contributed by atoms with E-state index in [0.29, 0.717) is 42.6 Å². The fourth-order valence-electron chi connectivity index (χ4n) is 3.33. The van der Waals surface area contributed by atoms with Gasteiger partial charge in [-0.1, -0.05) is 24.4 Å². The molecule has 0 heterocycles. The van der Waals surface area contributed by atoms with E-state index in [1.165, 1.54) is 0 Å².